The summed E-state index contributed by atoms with van der Waals surface area (Å²) in [7, 11) is 0. The second kappa shape index (κ2) is 33.7. The summed E-state index contributed by atoms with van der Waals surface area (Å²) in [5.74, 6) is -3.94. The van der Waals surface area contributed by atoms with Crippen LogP contribution in [-0.2, 0) is 55.6 Å². The van der Waals surface area contributed by atoms with Gasteiger partial charge in [0.15, 0.2) is 0 Å². The van der Waals surface area contributed by atoms with E-state index >= 15 is 0 Å². The van der Waals surface area contributed by atoms with E-state index in [1.165, 1.54) is 31.9 Å². The molecule has 0 radical (unpaired) electrons. The number of aliphatic hydroxyl groups excluding tert-OH is 1. The third kappa shape index (κ3) is 17.1. The fourth-order valence-electron chi connectivity index (χ4n) is 11.3. The Morgan fingerprint density at radius 1 is 0.382 bits per heavy atom. The topological polar surface area (TPSA) is 256 Å². The average Bonchev–Trinajstić information content (AvgIpc) is 0.763. The van der Waals surface area contributed by atoms with E-state index in [0.29, 0.717) is 72.1 Å². The lowest BCUT2D eigenvalue weighted by Crippen LogP contribution is -2.14. The Morgan fingerprint density at radius 2 is 0.745 bits per heavy atom. The SMILES string of the molecule is C=C(C)C(=O)OCOC(=O)c1c2ccccc2c(C(=O)O)c2ccccc12.C=C(C)C(=O)OCOC(=O)c1c2ccccc2c(O)c2ccccc12.C=C(C)C(=O)OCOC(=O)c1c2ccccc2cc2ccccc12.C=Cc1ccc2c(c1)CC=C(O)C2.C=Cc1cccc2c(O)cccc12. The number of aromatic carboxylic acids is 1. The van der Waals surface area contributed by atoms with Crippen LogP contribution in [-0.4, -0.2) is 82.6 Å². The lowest BCUT2D eigenvalue weighted by Gasteiger charge is -2.14. The van der Waals surface area contributed by atoms with Crippen LogP contribution >= 0.6 is 0 Å². The van der Waals surface area contributed by atoms with Gasteiger partial charge in [-0.3, -0.25) is 0 Å². The molecule has 102 heavy (non-hydrogen) atoms. The summed E-state index contributed by atoms with van der Waals surface area (Å²) in [5.41, 5.74) is 6.50. The molecule has 17 heteroatoms. The van der Waals surface area contributed by atoms with Crippen LogP contribution in [0.1, 0.15) is 84.5 Å². The molecule has 0 atom stereocenters. The van der Waals surface area contributed by atoms with Crippen LogP contribution in [0.25, 0.3) is 87.6 Å². The minimum absolute atomic E-state index is 0.108. The monoisotopic (exact) mass is 1360 g/mol. The molecular weight excluding hydrogens is 1290 g/mol. The number of esters is 6. The number of carboxylic acid groups (broad SMARTS) is 1. The number of aliphatic hydroxyl groups is 1. The van der Waals surface area contributed by atoms with Gasteiger partial charge in [-0.05, 0) is 116 Å². The molecule has 0 heterocycles. The van der Waals surface area contributed by atoms with Crippen molar-refractivity contribution in [2.75, 3.05) is 20.4 Å². The van der Waals surface area contributed by atoms with Gasteiger partial charge >= 0.3 is 41.8 Å². The van der Waals surface area contributed by atoms with Crippen molar-refractivity contribution in [3.8, 4) is 11.5 Å². The molecule has 0 aromatic heterocycles. The number of carboxylic acids is 1. The summed E-state index contributed by atoms with van der Waals surface area (Å²) in [6.07, 6.45) is 7.02. The molecule has 1 aliphatic rings. The fourth-order valence-corrected chi connectivity index (χ4v) is 11.3. The lowest BCUT2D eigenvalue weighted by molar-refractivity contribution is -0.148. The summed E-state index contributed by atoms with van der Waals surface area (Å²) in [6, 6.07) is 62.2. The maximum Gasteiger partial charge on any atom is 0.342 e. The third-order valence-corrected chi connectivity index (χ3v) is 16.2. The van der Waals surface area contributed by atoms with Crippen molar-refractivity contribution in [3.05, 3.63) is 312 Å². The zero-order valence-electron chi connectivity index (χ0n) is 56.0. The second-order valence-corrected chi connectivity index (χ2v) is 23.2. The summed E-state index contributed by atoms with van der Waals surface area (Å²) < 4.78 is 29.8. The molecule has 0 saturated heterocycles. The molecule has 17 nitrogen and oxygen atoms in total. The minimum Gasteiger partial charge on any atom is -0.512 e. The number of fused-ring (bicyclic) bond motifs is 8. The fraction of sp³-hybridized carbons (Fsp3) is 0.0941. The van der Waals surface area contributed by atoms with Crippen molar-refractivity contribution in [1.82, 2.24) is 0 Å². The molecule has 0 aliphatic heterocycles. The van der Waals surface area contributed by atoms with E-state index in [0.717, 1.165) is 49.9 Å². The van der Waals surface area contributed by atoms with Crippen LogP contribution in [0, 0.1) is 0 Å². The predicted molar refractivity (Wildman–Crippen MR) is 397 cm³/mol. The number of carbonyl (C=O) groups is 7. The highest BCUT2D eigenvalue weighted by molar-refractivity contribution is 6.25. The number of rotatable bonds is 15. The summed E-state index contributed by atoms with van der Waals surface area (Å²) in [6.45, 7) is 20.9. The van der Waals surface area contributed by atoms with E-state index in [-0.39, 0.29) is 33.6 Å². The van der Waals surface area contributed by atoms with Crippen LogP contribution in [0.15, 0.2) is 268 Å². The first-order valence-corrected chi connectivity index (χ1v) is 31.8. The van der Waals surface area contributed by atoms with Gasteiger partial charge in [0.05, 0.1) is 28.0 Å². The van der Waals surface area contributed by atoms with Crippen molar-refractivity contribution in [3.63, 3.8) is 0 Å². The van der Waals surface area contributed by atoms with Crippen molar-refractivity contribution in [2.24, 2.45) is 0 Å². The van der Waals surface area contributed by atoms with Crippen molar-refractivity contribution in [2.45, 2.75) is 33.6 Å². The molecule has 0 bridgehead atoms. The van der Waals surface area contributed by atoms with Gasteiger partial charge in [0.25, 0.3) is 0 Å². The van der Waals surface area contributed by atoms with Crippen LogP contribution in [0.5, 0.6) is 11.5 Å². The summed E-state index contributed by atoms with van der Waals surface area (Å²) >= 11 is 0. The number of phenols is 2. The van der Waals surface area contributed by atoms with Crippen LogP contribution in [0.2, 0.25) is 0 Å². The number of hydrogen-bond donors (Lipinski definition) is 4. The Morgan fingerprint density at radius 3 is 1.16 bits per heavy atom. The number of benzene rings is 12. The van der Waals surface area contributed by atoms with E-state index in [1.54, 1.807) is 109 Å². The largest absolute Gasteiger partial charge is 0.512 e. The number of allylic oxidation sites excluding steroid dienone is 2. The minimum atomic E-state index is -1.09. The molecule has 0 saturated carbocycles. The van der Waals surface area contributed by atoms with Gasteiger partial charge in [-0.25, -0.2) is 33.6 Å². The molecule has 4 N–H and O–H groups in total. The van der Waals surface area contributed by atoms with E-state index in [2.05, 4.69) is 45.0 Å². The molecule has 0 unspecified atom stereocenters. The number of aromatic hydroxyl groups is 2. The number of hydrogen-bond acceptors (Lipinski definition) is 16. The zero-order valence-corrected chi connectivity index (χ0v) is 56.0. The van der Waals surface area contributed by atoms with Gasteiger partial charge in [0, 0.05) is 50.1 Å². The Balaban J connectivity index is 0.000000152. The van der Waals surface area contributed by atoms with E-state index in [9.17, 15) is 54.0 Å². The van der Waals surface area contributed by atoms with E-state index in [4.69, 9.17) is 28.4 Å². The number of carbonyl (C=O) groups excluding carboxylic acids is 6. The van der Waals surface area contributed by atoms with Gasteiger partial charge < -0.3 is 48.8 Å². The molecule has 512 valence electrons. The molecular formula is C85H70O17. The smallest absolute Gasteiger partial charge is 0.342 e. The van der Waals surface area contributed by atoms with Crippen LogP contribution in [0.4, 0.5) is 0 Å². The maximum absolute atomic E-state index is 12.7. The predicted octanol–water partition coefficient (Wildman–Crippen LogP) is 18.1. The molecule has 0 amide bonds. The Hall–Kier alpha value is -13.4. The van der Waals surface area contributed by atoms with E-state index in [1.807, 2.05) is 103 Å². The Labute approximate surface area is 586 Å². The summed E-state index contributed by atoms with van der Waals surface area (Å²) in [4.78, 5) is 83.9. The first kappa shape index (κ1) is 72.8. The van der Waals surface area contributed by atoms with E-state index < -0.39 is 62.2 Å². The molecule has 0 spiro atoms. The van der Waals surface area contributed by atoms with Gasteiger partial charge in [0.1, 0.15) is 11.5 Å². The number of phenolic OH excluding ortho intramolecular Hbond substituents is 2. The highest BCUT2D eigenvalue weighted by Gasteiger charge is 2.25. The van der Waals surface area contributed by atoms with Crippen molar-refractivity contribution >= 4 is 129 Å². The first-order valence-electron chi connectivity index (χ1n) is 31.8. The van der Waals surface area contributed by atoms with Gasteiger partial charge in [0.2, 0.25) is 20.4 Å². The van der Waals surface area contributed by atoms with Gasteiger partial charge in [-0.2, -0.15) is 0 Å². The first-order chi connectivity index (χ1) is 49.1. The van der Waals surface area contributed by atoms with Crippen molar-refractivity contribution in [1.29, 1.82) is 0 Å². The standard InChI is InChI=1S/C21H16O6.C20H16O5.C20H16O4.C12H10O.C12H12O/c1-12(2)20(24)26-11-27-21(25)18-15-9-5-3-7-13(15)17(19(22)23)14-8-4-6-10-16(14)18;1-12(2)19(22)24-11-25-20(23)17-13-7-3-5-9-15(13)18(21)16-10-6-4-8-14(16)17;1-13(2)19(21)23-12-24-20(22)18-16-9-5-3-7-14(16)11-15-8-4-6-10-17(15)18;1-2-9-5-3-7-11-10(9)6-4-8-12(11)13;1-2-9-3-4-11-8-12(13)6-5-10(11)7-9/h3-10H,1,11H2,2H3,(H,22,23);3-10,21H,1,11H2,2H3;3-11H,1,12H2,2H3;2-8,13H,1H2;2-4,6-7,13H,1,5,8H2. The molecule has 1 aliphatic carbocycles. The normalized spacial score (nSPS) is 11.0. The Bertz CT molecular complexity index is 5220. The average molecular weight is 1360 g/mol. The highest BCUT2D eigenvalue weighted by atomic mass is 16.7. The second-order valence-electron chi connectivity index (χ2n) is 23.2. The maximum atomic E-state index is 12.7. The molecule has 0 fully saturated rings. The Kier molecular flexibility index (Phi) is 24.1. The summed E-state index contributed by atoms with van der Waals surface area (Å²) in [5, 5.41) is 48.4. The van der Waals surface area contributed by atoms with Gasteiger partial charge in [-0.15, -0.1) is 0 Å². The zero-order chi connectivity index (χ0) is 73.1. The van der Waals surface area contributed by atoms with Gasteiger partial charge in [-0.1, -0.05) is 239 Å². The third-order valence-electron chi connectivity index (χ3n) is 16.2. The molecule has 12 aromatic rings. The quantitative estimate of drug-likeness (QED) is 0.0245. The molecule has 13 rings (SSSR count). The lowest BCUT2D eigenvalue weighted by atomic mass is 9.92. The van der Waals surface area contributed by atoms with Crippen LogP contribution < -0.4 is 0 Å². The highest BCUT2D eigenvalue weighted by Crippen LogP contribution is 2.39. The molecule has 12 aromatic carbocycles. The van der Waals surface area contributed by atoms with Crippen LogP contribution in [0.3, 0.4) is 0 Å². The number of ether oxygens (including phenoxy) is 6. The van der Waals surface area contributed by atoms with Crippen molar-refractivity contribution < 1.29 is 82.4 Å².